The van der Waals surface area contributed by atoms with Crippen LogP contribution in [0.25, 0.3) is 0 Å². The number of hydrogen-bond donors (Lipinski definition) is 1. The Labute approximate surface area is 113 Å². The van der Waals surface area contributed by atoms with Crippen molar-refractivity contribution >= 4 is 33.2 Å². The quantitative estimate of drug-likeness (QED) is 0.810. The molecule has 0 heterocycles. The molecule has 17 heavy (non-hydrogen) atoms. The van der Waals surface area contributed by atoms with Crippen LogP contribution in [0.5, 0.6) is 11.5 Å². The third kappa shape index (κ3) is 2.73. The molecule has 2 N–H and O–H groups in total. The summed E-state index contributed by atoms with van der Waals surface area (Å²) in [7, 11) is 0. The molecule has 2 aromatic rings. The van der Waals surface area contributed by atoms with Crippen molar-refractivity contribution in [3.8, 4) is 11.5 Å². The summed E-state index contributed by atoms with van der Waals surface area (Å²) >= 11 is 9.42. The first-order valence-electron chi connectivity index (χ1n) is 5.06. The molecule has 2 rings (SSSR count). The zero-order valence-electron chi connectivity index (χ0n) is 9.21. The third-order valence-corrected chi connectivity index (χ3v) is 3.19. The number of para-hydroxylation sites is 1. The Hall–Kier alpha value is -1.19. The minimum absolute atomic E-state index is 0.542. The van der Waals surface area contributed by atoms with Gasteiger partial charge in [-0.1, -0.05) is 39.7 Å². The van der Waals surface area contributed by atoms with Crippen LogP contribution in [-0.4, -0.2) is 0 Å². The second-order valence-electron chi connectivity index (χ2n) is 3.66. The standard InChI is InChI=1S/C13H11BrClNO/c1-8-3-2-4-12(13(8)16)17-11-6-5-9(14)7-10(11)15/h2-7H,16H2,1H3. The summed E-state index contributed by atoms with van der Waals surface area (Å²) in [5, 5.41) is 0.542. The van der Waals surface area contributed by atoms with Crippen LogP contribution < -0.4 is 10.5 Å². The first kappa shape index (κ1) is 12.3. The number of nitrogen functional groups attached to an aromatic ring is 1. The van der Waals surface area contributed by atoms with E-state index in [1.165, 1.54) is 0 Å². The van der Waals surface area contributed by atoms with Gasteiger partial charge in [0.1, 0.15) is 5.75 Å². The van der Waals surface area contributed by atoms with Gasteiger partial charge in [0.15, 0.2) is 5.75 Å². The van der Waals surface area contributed by atoms with Gasteiger partial charge < -0.3 is 10.5 Å². The molecule has 0 unspecified atom stereocenters. The van der Waals surface area contributed by atoms with E-state index in [0.29, 0.717) is 22.2 Å². The Kier molecular flexibility index (Phi) is 3.60. The van der Waals surface area contributed by atoms with Crippen molar-refractivity contribution in [3.63, 3.8) is 0 Å². The topological polar surface area (TPSA) is 35.2 Å². The molecule has 0 spiro atoms. The predicted octanol–water partition coefficient (Wildman–Crippen LogP) is 4.79. The zero-order valence-corrected chi connectivity index (χ0v) is 11.5. The van der Waals surface area contributed by atoms with Crippen molar-refractivity contribution in [2.75, 3.05) is 5.73 Å². The maximum absolute atomic E-state index is 6.08. The lowest BCUT2D eigenvalue weighted by Gasteiger charge is -2.11. The average Bonchev–Trinajstić information content (AvgIpc) is 2.28. The molecule has 0 atom stereocenters. The minimum Gasteiger partial charge on any atom is -0.454 e. The van der Waals surface area contributed by atoms with E-state index in [-0.39, 0.29) is 0 Å². The Morgan fingerprint density at radius 1 is 1.18 bits per heavy atom. The number of aryl methyl sites for hydroxylation is 1. The van der Waals surface area contributed by atoms with Crippen LogP contribution in [0.4, 0.5) is 5.69 Å². The first-order chi connectivity index (χ1) is 8.08. The van der Waals surface area contributed by atoms with E-state index in [9.17, 15) is 0 Å². The normalized spacial score (nSPS) is 10.3. The Balaban J connectivity index is 2.35. The molecule has 0 aliphatic rings. The van der Waals surface area contributed by atoms with E-state index in [0.717, 1.165) is 10.0 Å². The number of ether oxygens (including phenoxy) is 1. The van der Waals surface area contributed by atoms with Crippen LogP contribution in [0.15, 0.2) is 40.9 Å². The molecular formula is C13H11BrClNO. The fraction of sp³-hybridized carbons (Fsp3) is 0.0769. The van der Waals surface area contributed by atoms with Crippen LogP contribution in [0.2, 0.25) is 5.02 Å². The number of benzene rings is 2. The highest BCUT2D eigenvalue weighted by atomic mass is 79.9. The molecule has 0 aliphatic heterocycles. The van der Waals surface area contributed by atoms with Crippen LogP contribution in [0.3, 0.4) is 0 Å². The maximum Gasteiger partial charge on any atom is 0.150 e. The first-order valence-corrected chi connectivity index (χ1v) is 6.23. The highest BCUT2D eigenvalue weighted by Gasteiger charge is 2.07. The summed E-state index contributed by atoms with van der Waals surface area (Å²) in [6, 6.07) is 11.1. The molecule has 0 saturated carbocycles. The van der Waals surface area contributed by atoms with Gasteiger partial charge in [-0.25, -0.2) is 0 Å². The number of rotatable bonds is 2. The molecule has 0 saturated heterocycles. The highest BCUT2D eigenvalue weighted by molar-refractivity contribution is 9.10. The summed E-state index contributed by atoms with van der Waals surface area (Å²) in [5.41, 5.74) is 7.55. The molecule has 0 bridgehead atoms. The van der Waals surface area contributed by atoms with E-state index in [1.807, 2.05) is 31.2 Å². The van der Waals surface area contributed by atoms with Gasteiger partial charge in [0.25, 0.3) is 0 Å². The van der Waals surface area contributed by atoms with E-state index in [1.54, 1.807) is 12.1 Å². The molecule has 0 amide bonds. The van der Waals surface area contributed by atoms with E-state index >= 15 is 0 Å². The summed E-state index contributed by atoms with van der Waals surface area (Å²) in [4.78, 5) is 0. The molecule has 2 aromatic carbocycles. The zero-order chi connectivity index (χ0) is 12.4. The summed E-state index contributed by atoms with van der Waals surface area (Å²) in [6.45, 7) is 1.94. The molecule has 0 aromatic heterocycles. The molecule has 4 heteroatoms. The van der Waals surface area contributed by atoms with Crippen molar-refractivity contribution in [1.82, 2.24) is 0 Å². The van der Waals surface area contributed by atoms with Gasteiger partial charge in [0.05, 0.1) is 10.7 Å². The minimum atomic E-state index is 0.542. The van der Waals surface area contributed by atoms with Crippen LogP contribution in [-0.2, 0) is 0 Å². The van der Waals surface area contributed by atoms with Crippen molar-refractivity contribution in [3.05, 3.63) is 51.5 Å². The van der Waals surface area contributed by atoms with Crippen LogP contribution >= 0.6 is 27.5 Å². The average molecular weight is 313 g/mol. The van der Waals surface area contributed by atoms with E-state index in [2.05, 4.69) is 15.9 Å². The van der Waals surface area contributed by atoms with Gasteiger partial charge >= 0.3 is 0 Å². The lowest BCUT2D eigenvalue weighted by molar-refractivity contribution is 0.485. The second-order valence-corrected chi connectivity index (χ2v) is 4.99. The molecule has 2 nitrogen and oxygen atoms in total. The fourth-order valence-corrected chi connectivity index (χ4v) is 2.13. The van der Waals surface area contributed by atoms with Crippen LogP contribution in [0.1, 0.15) is 5.56 Å². The largest absolute Gasteiger partial charge is 0.454 e. The number of halogens is 2. The SMILES string of the molecule is Cc1cccc(Oc2ccc(Br)cc2Cl)c1N. The van der Waals surface area contributed by atoms with Gasteiger partial charge in [0.2, 0.25) is 0 Å². The Morgan fingerprint density at radius 3 is 2.65 bits per heavy atom. The van der Waals surface area contributed by atoms with Crippen molar-refractivity contribution in [2.45, 2.75) is 6.92 Å². The summed E-state index contributed by atoms with van der Waals surface area (Å²) in [5.74, 6) is 1.21. The number of nitrogens with two attached hydrogens (primary N) is 1. The fourth-order valence-electron chi connectivity index (χ4n) is 1.42. The van der Waals surface area contributed by atoms with Gasteiger partial charge in [-0.05, 0) is 36.8 Å². The van der Waals surface area contributed by atoms with Crippen molar-refractivity contribution < 1.29 is 4.74 Å². The molecule has 88 valence electrons. The van der Waals surface area contributed by atoms with Crippen molar-refractivity contribution in [2.24, 2.45) is 0 Å². The second kappa shape index (κ2) is 4.98. The summed E-state index contributed by atoms with van der Waals surface area (Å²) in [6.07, 6.45) is 0. The van der Waals surface area contributed by atoms with Gasteiger partial charge in [-0.3, -0.25) is 0 Å². The van der Waals surface area contributed by atoms with Gasteiger partial charge in [0, 0.05) is 4.47 Å². The Bertz CT molecular complexity index is 557. The molecular weight excluding hydrogens is 302 g/mol. The van der Waals surface area contributed by atoms with Gasteiger partial charge in [-0.15, -0.1) is 0 Å². The van der Waals surface area contributed by atoms with Crippen molar-refractivity contribution in [1.29, 1.82) is 0 Å². The monoisotopic (exact) mass is 311 g/mol. The lowest BCUT2D eigenvalue weighted by Crippen LogP contribution is -1.94. The Morgan fingerprint density at radius 2 is 1.94 bits per heavy atom. The van der Waals surface area contributed by atoms with E-state index < -0.39 is 0 Å². The number of hydrogen-bond acceptors (Lipinski definition) is 2. The van der Waals surface area contributed by atoms with Crippen LogP contribution in [0, 0.1) is 6.92 Å². The molecule has 0 fully saturated rings. The van der Waals surface area contributed by atoms with Gasteiger partial charge in [-0.2, -0.15) is 0 Å². The number of anilines is 1. The lowest BCUT2D eigenvalue weighted by atomic mass is 10.2. The highest BCUT2D eigenvalue weighted by Crippen LogP contribution is 2.34. The molecule has 0 aliphatic carbocycles. The summed E-state index contributed by atoms with van der Waals surface area (Å²) < 4.78 is 6.61. The third-order valence-electron chi connectivity index (χ3n) is 2.40. The maximum atomic E-state index is 6.08. The van der Waals surface area contributed by atoms with E-state index in [4.69, 9.17) is 22.1 Å². The molecule has 0 radical (unpaired) electrons. The predicted molar refractivity (Wildman–Crippen MR) is 74.8 cm³/mol. The smallest absolute Gasteiger partial charge is 0.150 e.